The van der Waals surface area contributed by atoms with E-state index in [0.29, 0.717) is 6.42 Å². The van der Waals surface area contributed by atoms with Gasteiger partial charge in [0.05, 0.1) is 7.11 Å². The van der Waals surface area contributed by atoms with Crippen LogP contribution in [0.2, 0.25) is 0 Å². The van der Waals surface area contributed by atoms with Crippen molar-refractivity contribution in [3.8, 4) is 5.75 Å². The normalized spacial score (nSPS) is 10.7. The third kappa shape index (κ3) is 3.60. The van der Waals surface area contributed by atoms with E-state index >= 15 is 0 Å². The largest absolute Gasteiger partial charge is 0.497 e. The fourth-order valence-electron chi connectivity index (χ4n) is 2.38. The lowest BCUT2D eigenvalue weighted by Gasteiger charge is -2.05. The number of hydrogen-bond acceptors (Lipinski definition) is 2. The monoisotopic (exact) mass is 270 g/mol. The molecular weight excluding hydrogens is 248 g/mol. The molecule has 2 rings (SSSR count). The molecule has 2 aromatic rings. The van der Waals surface area contributed by atoms with Crippen LogP contribution in [-0.2, 0) is 0 Å². The van der Waals surface area contributed by atoms with Gasteiger partial charge in [-0.3, -0.25) is 4.79 Å². The van der Waals surface area contributed by atoms with Gasteiger partial charge in [-0.25, -0.2) is 0 Å². The molecule has 0 radical (unpaired) electrons. The van der Waals surface area contributed by atoms with Gasteiger partial charge in [-0.1, -0.05) is 44.4 Å². The van der Waals surface area contributed by atoms with Crippen LogP contribution in [0.15, 0.2) is 36.4 Å². The number of rotatable bonds is 7. The van der Waals surface area contributed by atoms with E-state index in [4.69, 9.17) is 4.74 Å². The molecule has 0 saturated heterocycles. The van der Waals surface area contributed by atoms with E-state index in [0.717, 1.165) is 34.9 Å². The number of benzene rings is 2. The molecule has 2 aromatic carbocycles. The molecule has 0 atom stereocenters. The molecule has 2 nitrogen and oxygen atoms in total. The quantitative estimate of drug-likeness (QED) is 0.522. The Labute approximate surface area is 120 Å². The smallest absolute Gasteiger partial charge is 0.162 e. The summed E-state index contributed by atoms with van der Waals surface area (Å²) in [5, 5.41) is 2.19. The third-order valence-corrected chi connectivity index (χ3v) is 3.63. The number of carbonyl (C=O) groups is 1. The Bertz CT molecular complexity index is 587. The van der Waals surface area contributed by atoms with Crippen molar-refractivity contribution in [2.24, 2.45) is 0 Å². The van der Waals surface area contributed by atoms with Crippen LogP contribution in [0.4, 0.5) is 0 Å². The molecule has 0 aliphatic heterocycles. The number of hydrogen-bond donors (Lipinski definition) is 0. The molecule has 0 saturated carbocycles. The van der Waals surface area contributed by atoms with Crippen molar-refractivity contribution in [1.29, 1.82) is 0 Å². The summed E-state index contributed by atoms with van der Waals surface area (Å²) in [4.78, 5) is 12.1. The van der Waals surface area contributed by atoms with Gasteiger partial charge in [0.25, 0.3) is 0 Å². The molecule has 0 aromatic heterocycles. The molecule has 2 heteroatoms. The Hall–Kier alpha value is -1.83. The average Bonchev–Trinajstić information content (AvgIpc) is 2.50. The van der Waals surface area contributed by atoms with E-state index in [-0.39, 0.29) is 5.78 Å². The summed E-state index contributed by atoms with van der Waals surface area (Å²) in [7, 11) is 1.66. The second-order valence-corrected chi connectivity index (χ2v) is 5.16. The van der Waals surface area contributed by atoms with Crippen molar-refractivity contribution in [3.05, 3.63) is 42.0 Å². The van der Waals surface area contributed by atoms with Gasteiger partial charge in [-0.05, 0) is 35.4 Å². The first kappa shape index (κ1) is 14.6. The number of unbranched alkanes of at least 4 members (excludes halogenated alkanes) is 3. The fourth-order valence-corrected chi connectivity index (χ4v) is 2.38. The van der Waals surface area contributed by atoms with E-state index in [1.807, 2.05) is 36.4 Å². The highest BCUT2D eigenvalue weighted by Gasteiger charge is 2.06. The SMILES string of the molecule is CCCCCCC(=O)c1ccc2cc(OC)ccc2c1. The summed E-state index contributed by atoms with van der Waals surface area (Å²) in [5.41, 5.74) is 0.819. The molecule has 0 fully saturated rings. The minimum absolute atomic E-state index is 0.249. The van der Waals surface area contributed by atoms with E-state index in [9.17, 15) is 4.79 Å². The van der Waals surface area contributed by atoms with Gasteiger partial charge in [0.2, 0.25) is 0 Å². The fraction of sp³-hybridized carbons (Fsp3) is 0.389. The minimum atomic E-state index is 0.249. The third-order valence-electron chi connectivity index (χ3n) is 3.63. The predicted octanol–water partition coefficient (Wildman–Crippen LogP) is 5.00. The number of carbonyl (C=O) groups excluding carboxylic acids is 1. The Morgan fingerprint density at radius 2 is 1.75 bits per heavy atom. The van der Waals surface area contributed by atoms with Gasteiger partial charge < -0.3 is 4.74 Å². The molecular formula is C18H22O2. The van der Waals surface area contributed by atoms with Gasteiger partial charge in [-0.2, -0.15) is 0 Å². The lowest BCUT2D eigenvalue weighted by Crippen LogP contribution is -1.98. The Kier molecular flexibility index (Phi) is 5.16. The van der Waals surface area contributed by atoms with Crippen LogP contribution in [0.3, 0.4) is 0 Å². The van der Waals surface area contributed by atoms with Crippen LogP contribution in [0.5, 0.6) is 5.75 Å². The number of fused-ring (bicyclic) bond motifs is 1. The molecule has 0 amide bonds. The summed E-state index contributed by atoms with van der Waals surface area (Å²) in [6.07, 6.45) is 5.21. The number of ketones is 1. The van der Waals surface area contributed by atoms with Crippen LogP contribution < -0.4 is 4.74 Å². The van der Waals surface area contributed by atoms with Crippen LogP contribution >= 0.6 is 0 Å². The lowest BCUT2D eigenvalue weighted by molar-refractivity contribution is 0.0979. The Morgan fingerprint density at radius 3 is 2.50 bits per heavy atom. The van der Waals surface area contributed by atoms with Crippen molar-refractivity contribution >= 4 is 16.6 Å². The molecule has 0 spiro atoms. The number of methoxy groups -OCH3 is 1. The maximum atomic E-state index is 12.1. The molecule has 106 valence electrons. The number of ether oxygens (including phenoxy) is 1. The maximum Gasteiger partial charge on any atom is 0.162 e. The van der Waals surface area contributed by atoms with Crippen LogP contribution in [0, 0.1) is 0 Å². The second kappa shape index (κ2) is 7.09. The van der Waals surface area contributed by atoms with Crippen molar-refractivity contribution in [2.75, 3.05) is 7.11 Å². The highest BCUT2D eigenvalue weighted by Crippen LogP contribution is 2.22. The molecule has 0 unspecified atom stereocenters. The van der Waals surface area contributed by atoms with Gasteiger partial charge in [0.1, 0.15) is 5.75 Å². The van der Waals surface area contributed by atoms with Gasteiger partial charge in [0, 0.05) is 12.0 Å². The maximum absolute atomic E-state index is 12.1. The molecule has 0 heterocycles. The molecule has 20 heavy (non-hydrogen) atoms. The van der Waals surface area contributed by atoms with Crippen molar-refractivity contribution in [2.45, 2.75) is 39.0 Å². The predicted molar refractivity (Wildman–Crippen MR) is 83.6 cm³/mol. The topological polar surface area (TPSA) is 26.3 Å². The Balaban J connectivity index is 2.09. The van der Waals surface area contributed by atoms with Gasteiger partial charge >= 0.3 is 0 Å². The first-order valence-electron chi connectivity index (χ1n) is 7.35. The zero-order chi connectivity index (χ0) is 14.4. The summed E-state index contributed by atoms with van der Waals surface area (Å²) in [5.74, 6) is 1.09. The minimum Gasteiger partial charge on any atom is -0.497 e. The number of Topliss-reactive ketones (excluding diaryl/α,β-unsaturated/α-hetero) is 1. The van der Waals surface area contributed by atoms with Crippen LogP contribution in [0.1, 0.15) is 49.4 Å². The molecule has 0 bridgehead atoms. The van der Waals surface area contributed by atoms with E-state index in [1.54, 1.807) is 7.11 Å². The van der Waals surface area contributed by atoms with E-state index in [1.165, 1.54) is 12.8 Å². The molecule has 0 aliphatic carbocycles. The second-order valence-electron chi connectivity index (χ2n) is 5.16. The van der Waals surface area contributed by atoms with Crippen molar-refractivity contribution in [3.63, 3.8) is 0 Å². The first-order chi connectivity index (χ1) is 9.74. The van der Waals surface area contributed by atoms with E-state index in [2.05, 4.69) is 6.92 Å². The zero-order valence-electron chi connectivity index (χ0n) is 12.3. The Morgan fingerprint density at radius 1 is 1.00 bits per heavy atom. The van der Waals surface area contributed by atoms with E-state index < -0.39 is 0 Å². The lowest BCUT2D eigenvalue weighted by atomic mass is 10.0. The first-order valence-corrected chi connectivity index (χ1v) is 7.35. The van der Waals surface area contributed by atoms with Gasteiger partial charge in [-0.15, -0.1) is 0 Å². The standard InChI is InChI=1S/C18H22O2/c1-3-4-5-6-7-18(19)16-9-8-15-13-17(20-2)11-10-14(15)12-16/h8-13H,3-7H2,1-2H3. The summed E-state index contributed by atoms with van der Waals surface area (Å²) in [6, 6.07) is 11.8. The summed E-state index contributed by atoms with van der Waals surface area (Å²) < 4.78 is 5.21. The van der Waals surface area contributed by atoms with Crippen LogP contribution in [-0.4, -0.2) is 12.9 Å². The van der Waals surface area contributed by atoms with Crippen LogP contribution in [0.25, 0.3) is 10.8 Å². The summed E-state index contributed by atoms with van der Waals surface area (Å²) >= 11 is 0. The molecule has 0 N–H and O–H groups in total. The highest BCUT2D eigenvalue weighted by molar-refractivity contribution is 6.00. The zero-order valence-corrected chi connectivity index (χ0v) is 12.3. The molecule has 0 aliphatic rings. The van der Waals surface area contributed by atoms with Gasteiger partial charge in [0.15, 0.2) is 5.78 Å². The average molecular weight is 270 g/mol. The van der Waals surface area contributed by atoms with Crippen molar-refractivity contribution < 1.29 is 9.53 Å². The summed E-state index contributed by atoms with van der Waals surface area (Å²) in [6.45, 7) is 2.18. The van der Waals surface area contributed by atoms with Crippen molar-refractivity contribution in [1.82, 2.24) is 0 Å². The highest BCUT2D eigenvalue weighted by atomic mass is 16.5.